The van der Waals surface area contributed by atoms with E-state index in [2.05, 4.69) is 19.9 Å². The van der Waals surface area contributed by atoms with E-state index >= 15 is 0 Å². The molecule has 3 aromatic heterocycles. The molecule has 0 unspecified atom stereocenters. The highest BCUT2D eigenvalue weighted by Gasteiger charge is 2.18. The number of pyridine rings is 2. The van der Waals surface area contributed by atoms with Gasteiger partial charge in [-0.2, -0.15) is 0 Å². The number of anilines is 2. The molecule has 27 heavy (non-hydrogen) atoms. The number of nitrogens with one attached hydrogen (secondary N) is 1. The molecule has 0 aliphatic carbocycles. The van der Waals surface area contributed by atoms with E-state index in [9.17, 15) is 4.79 Å². The average Bonchev–Trinajstić information content (AvgIpc) is 3.10. The predicted molar refractivity (Wildman–Crippen MR) is 107 cm³/mol. The van der Waals surface area contributed by atoms with E-state index in [0.717, 1.165) is 43.0 Å². The maximum absolute atomic E-state index is 13.1. The van der Waals surface area contributed by atoms with E-state index in [-0.39, 0.29) is 11.6 Å². The number of carbonyl (C=O) groups is 1. The highest BCUT2D eigenvalue weighted by molar-refractivity contribution is 6.11. The Kier molecular flexibility index (Phi) is 4.87. The first-order valence-corrected chi connectivity index (χ1v) is 9.38. The molecule has 1 fully saturated rings. The summed E-state index contributed by atoms with van der Waals surface area (Å²) in [7, 11) is 0. The summed E-state index contributed by atoms with van der Waals surface area (Å²) in [5.41, 5.74) is 8.49. The minimum absolute atomic E-state index is 0.204. The standard InChI is InChI=1S/C21H23N5O/c22-21-16(13-15(14-24-21)17-8-6-10-23-17)20(27)18-7-5-9-19(25-18)26-11-3-1-2-4-12-26/h5-10,13-14,23H,1-4,11-12H2,(H2,22,24). The summed E-state index contributed by atoms with van der Waals surface area (Å²) in [5.74, 6) is 0.872. The lowest BCUT2D eigenvalue weighted by Crippen LogP contribution is -2.25. The highest BCUT2D eigenvalue weighted by Crippen LogP contribution is 2.23. The van der Waals surface area contributed by atoms with Crippen LogP contribution in [0.3, 0.4) is 0 Å². The zero-order valence-electron chi connectivity index (χ0n) is 15.2. The molecule has 0 amide bonds. The number of nitrogens with zero attached hydrogens (tertiary/aromatic N) is 3. The number of rotatable bonds is 4. The zero-order chi connectivity index (χ0) is 18.6. The van der Waals surface area contributed by atoms with Gasteiger partial charge in [-0.15, -0.1) is 0 Å². The van der Waals surface area contributed by atoms with Crippen LogP contribution in [0.25, 0.3) is 11.3 Å². The largest absolute Gasteiger partial charge is 0.383 e. The maximum atomic E-state index is 13.1. The summed E-state index contributed by atoms with van der Waals surface area (Å²) >= 11 is 0. The van der Waals surface area contributed by atoms with Gasteiger partial charge in [-0.1, -0.05) is 18.9 Å². The van der Waals surface area contributed by atoms with E-state index in [1.165, 1.54) is 12.8 Å². The molecule has 4 heterocycles. The van der Waals surface area contributed by atoms with Crippen molar-refractivity contribution in [2.24, 2.45) is 0 Å². The van der Waals surface area contributed by atoms with Crippen LogP contribution in [-0.4, -0.2) is 33.8 Å². The number of nitrogens with two attached hydrogens (primary N) is 1. The van der Waals surface area contributed by atoms with Crippen molar-refractivity contribution in [3.05, 3.63) is 60.0 Å². The number of nitrogen functional groups attached to an aromatic ring is 1. The number of H-pyrrole nitrogens is 1. The Labute approximate surface area is 158 Å². The van der Waals surface area contributed by atoms with E-state index in [1.54, 1.807) is 18.3 Å². The molecule has 0 saturated carbocycles. The van der Waals surface area contributed by atoms with Gasteiger partial charge in [-0.3, -0.25) is 4.79 Å². The molecule has 4 rings (SSSR count). The van der Waals surface area contributed by atoms with Crippen LogP contribution in [-0.2, 0) is 0 Å². The van der Waals surface area contributed by atoms with Gasteiger partial charge in [0.05, 0.1) is 5.56 Å². The smallest absolute Gasteiger partial charge is 0.215 e. The SMILES string of the molecule is Nc1ncc(-c2ccc[nH]2)cc1C(=O)c1cccc(N2CCCCCC2)n1. The molecule has 1 aliphatic heterocycles. The van der Waals surface area contributed by atoms with Gasteiger partial charge in [0.1, 0.15) is 17.3 Å². The first kappa shape index (κ1) is 17.3. The Balaban J connectivity index is 1.65. The van der Waals surface area contributed by atoms with E-state index in [4.69, 9.17) is 5.73 Å². The van der Waals surface area contributed by atoms with Crippen molar-refractivity contribution in [2.75, 3.05) is 23.7 Å². The number of carbonyl (C=O) groups excluding carboxylic acids is 1. The fraction of sp³-hybridized carbons (Fsp3) is 0.286. The second-order valence-electron chi connectivity index (χ2n) is 6.85. The van der Waals surface area contributed by atoms with Crippen molar-refractivity contribution in [2.45, 2.75) is 25.7 Å². The Morgan fingerprint density at radius 3 is 2.63 bits per heavy atom. The quantitative estimate of drug-likeness (QED) is 0.692. The van der Waals surface area contributed by atoms with Crippen molar-refractivity contribution < 1.29 is 4.79 Å². The normalized spacial score (nSPS) is 14.7. The lowest BCUT2D eigenvalue weighted by Gasteiger charge is -2.21. The molecule has 3 N–H and O–H groups in total. The summed E-state index contributed by atoms with van der Waals surface area (Å²) in [6.07, 6.45) is 8.33. The third kappa shape index (κ3) is 3.69. The molecule has 6 heteroatoms. The molecular weight excluding hydrogens is 338 g/mol. The van der Waals surface area contributed by atoms with Crippen molar-refractivity contribution in [1.29, 1.82) is 0 Å². The lowest BCUT2D eigenvalue weighted by atomic mass is 10.1. The van der Waals surface area contributed by atoms with Crippen LogP contribution in [0, 0.1) is 0 Å². The Bertz CT molecular complexity index is 928. The van der Waals surface area contributed by atoms with E-state index < -0.39 is 0 Å². The van der Waals surface area contributed by atoms with Crippen molar-refractivity contribution in [3.63, 3.8) is 0 Å². The first-order valence-electron chi connectivity index (χ1n) is 9.38. The monoisotopic (exact) mass is 361 g/mol. The minimum Gasteiger partial charge on any atom is -0.383 e. The number of aromatic nitrogens is 3. The summed E-state index contributed by atoms with van der Waals surface area (Å²) in [4.78, 5) is 27.3. The van der Waals surface area contributed by atoms with Crippen molar-refractivity contribution >= 4 is 17.4 Å². The molecule has 0 aromatic carbocycles. The second kappa shape index (κ2) is 7.61. The van der Waals surface area contributed by atoms with Crippen molar-refractivity contribution in [1.82, 2.24) is 15.0 Å². The number of ketones is 1. The van der Waals surface area contributed by atoms with Gasteiger partial charge in [-0.05, 0) is 43.2 Å². The van der Waals surface area contributed by atoms with Gasteiger partial charge in [0.25, 0.3) is 0 Å². The predicted octanol–water partition coefficient (Wildman–Crippen LogP) is 3.67. The van der Waals surface area contributed by atoms with Crippen LogP contribution in [0.4, 0.5) is 11.6 Å². The van der Waals surface area contributed by atoms with Crippen LogP contribution in [0.1, 0.15) is 41.7 Å². The molecule has 1 aliphatic rings. The molecule has 1 saturated heterocycles. The van der Waals surface area contributed by atoms with Crippen LogP contribution in [0.5, 0.6) is 0 Å². The summed E-state index contributed by atoms with van der Waals surface area (Å²) in [6.45, 7) is 1.97. The second-order valence-corrected chi connectivity index (χ2v) is 6.85. The average molecular weight is 361 g/mol. The number of hydrogen-bond donors (Lipinski definition) is 2. The van der Waals surface area contributed by atoms with Gasteiger partial charge in [-0.25, -0.2) is 9.97 Å². The summed E-state index contributed by atoms with van der Waals surface area (Å²) in [6, 6.07) is 11.2. The van der Waals surface area contributed by atoms with Gasteiger partial charge in [0.15, 0.2) is 0 Å². The van der Waals surface area contributed by atoms with Gasteiger partial charge in [0.2, 0.25) is 5.78 Å². The van der Waals surface area contributed by atoms with Crippen LogP contribution in [0.15, 0.2) is 48.8 Å². The summed E-state index contributed by atoms with van der Waals surface area (Å²) < 4.78 is 0. The molecule has 0 atom stereocenters. The first-order chi connectivity index (χ1) is 13.2. The molecule has 0 spiro atoms. The Hall–Kier alpha value is -3.15. The molecule has 3 aromatic rings. The van der Waals surface area contributed by atoms with Gasteiger partial charge < -0.3 is 15.6 Å². The Morgan fingerprint density at radius 2 is 1.89 bits per heavy atom. The van der Waals surface area contributed by atoms with Crippen LogP contribution in [0.2, 0.25) is 0 Å². The molecule has 138 valence electrons. The van der Waals surface area contributed by atoms with Crippen LogP contribution >= 0.6 is 0 Å². The lowest BCUT2D eigenvalue weighted by molar-refractivity contribution is 0.103. The highest BCUT2D eigenvalue weighted by atomic mass is 16.1. The van der Waals surface area contributed by atoms with Gasteiger partial charge in [0, 0.05) is 36.7 Å². The molecule has 0 bridgehead atoms. The van der Waals surface area contributed by atoms with E-state index in [1.807, 2.05) is 30.5 Å². The van der Waals surface area contributed by atoms with Crippen molar-refractivity contribution in [3.8, 4) is 11.3 Å². The number of hydrogen-bond acceptors (Lipinski definition) is 5. The van der Waals surface area contributed by atoms with Gasteiger partial charge >= 0.3 is 0 Å². The Morgan fingerprint density at radius 1 is 1.07 bits per heavy atom. The maximum Gasteiger partial charge on any atom is 0.215 e. The number of aromatic amines is 1. The third-order valence-corrected chi connectivity index (χ3v) is 4.97. The van der Waals surface area contributed by atoms with Crippen LogP contribution < -0.4 is 10.6 Å². The fourth-order valence-electron chi connectivity index (χ4n) is 3.48. The molecule has 6 nitrogen and oxygen atoms in total. The molecule has 0 radical (unpaired) electrons. The molecular formula is C21H23N5O. The zero-order valence-corrected chi connectivity index (χ0v) is 15.2. The summed E-state index contributed by atoms with van der Waals surface area (Å²) in [5, 5.41) is 0. The fourth-order valence-corrected chi connectivity index (χ4v) is 3.48. The topological polar surface area (TPSA) is 87.9 Å². The minimum atomic E-state index is -0.204. The third-order valence-electron chi connectivity index (χ3n) is 4.97. The van der Waals surface area contributed by atoms with E-state index in [0.29, 0.717) is 11.3 Å².